The largest absolute Gasteiger partial charge is 0.494 e. The molecule has 0 fully saturated rings. The summed E-state index contributed by atoms with van der Waals surface area (Å²) in [6, 6.07) is 19.9. The molecule has 0 aliphatic carbocycles. The molecule has 1 atom stereocenters. The molecule has 0 bridgehead atoms. The average Bonchev–Trinajstić information content (AvgIpc) is 3.15. The van der Waals surface area contributed by atoms with E-state index in [2.05, 4.69) is 6.92 Å². The van der Waals surface area contributed by atoms with Gasteiger partial charge in [-0.1, -0.05) is 73.3 Å². The number of aryl methyl sites for hydroxylation is 1. The first-order valence-electron chi connectivity index (χ1n) is 12.3. The summed E-state index contributed by atoms with van der Waals surface area (Å²) in [6.07, 6.45) is 3.19. The lowest BCUT2D eigenvalue weighted by atomic mass is 9.97. The Bertz CT molecular complexity index is 1490. The zero-order valence-electron chi connectivity index (χ0n) is 20.4. The van der Waals surface area contributed by atoms with Crippen LogP contribution in [-0.2, 0) is 6.54 Å². The van der Waals surface area contributed by atoms with Gasteiger partial charge >= 0.3 is 0 Å². The molecule has 0 saturated carbocycles. The van der Waals surface area contributed by atoms with Crippen molar-refractivity contribution in [2.75, 3.05) is 6.61 Å². The molecule has 6 heteroatoms. The Morgan fingerprint density at radius 3 is 2.64 bits per heavy atom. The number of halogens is 1. The Balaban J connectivity index is 1.63. The van der Waals surface area contributed by atoms with E-state index in [1.54, 1.807) is 17.0 Å². The van der Waals surface area contributed by atoms with Crippen molar-refractivity contribution in [1.82, 2.24) is 4.90 Å². The maximum absolute atomic E-state index is 13.8. The molecule has 0 saturated heterocycles. The molecule has 0 spiro atoms. The Morgan fingerprint density at radius 1 is 1.00 bits per heavy atom. The van der Waals surface area contributed by atoms with Crippen molar-refractivity contribution in [3.63, 3.8) is 0 Å². The van der Waals surface area contributed by atoms with Crippen LogP contribution in [0.3, 0.4) is 0 Å². The SMILES string of the molecule is CCCCCOc1cccc(C2c3c(oc4ccc(C)cc4c3=O)C(=O)N2Cc2ccccc2Cl)c1. The lowest BCUT2D eigenvalue weighted by Gasteiger charge is -2.26. The van der Waals surface area contributed by atoms with Crippen LogP contribution >= 0.6 is 11.6 Å². The Morgan fingerprint density at radius 2 is 1.83 bits per heavy atom. The number of nitrogens with zero attached hydrogens (tertiary/aromatic N) is 1. The minimum atomic E-state index is -0.621. The fraction of sp³-hybridized carbons (Fsp3) is 0.267. The van der Waals surface area contributed by atoms with Crippen LogP contribution in [0, 0.1) is 6.92 Å². The third-order valence-corrected chi connectivity index (χ3v) is 6.98. The summed E-state index contributed by atoms with van der Waals surface area (Å²) >= 11 is 6.45. The highest BCUT2D eigenvalue weighted by atomic mass is 35.5. The van der Waals surface area contributed by atoms with E-state index < -0.39 is 6.04 Å². The summed E-state index contributed by atoms with van der Waals surface area (Å²) in [7, 11) is 0. The summed E-state index contributed by atoms with van der Waals surface area (Å²) in [5.74, 6) is 0.467. The van der Waals surface area contributed by atoms with Crippen LogP contribution in [-0.4, -0.2) is 17.4 Å². The smallest absolute Gasteiger partial charge is 0.291 e. The second-order valence-corrected chi connectivity index (χ2v) is 9.64. The summed E-state index contributed by atoms with van der Waals surface area (Å²) in [4.78, 5) is 29.2. The van der Waals surface area contributed by atoms with Crippen molar-refractivity contribution in [2.24, 2.45) is 0 Å². The summed E-state index contributed by atoms with van der Waals surface area (Å²) in [5.41, 5.74) is 3.11. The van der Waals surface area contributed by atoms with Crippen LogP contribution in [0.1, 0.15) is 65.0 Å². The van der Waals surface area contributed by atoms with Crippen LogP contribution in [0.25, 0.3) is 11.0 Å². The number of benzene rings is 3. The molecule has 0 N–H and O–H groups in total. The molecule has 0 radical (unpaired) electrons. The molecule has 5 rings (SSSR count). The number of fused-ring (bicyclic) bond motifs is 2. The third-order valence-electron chi connectivity index (χ3n) is 6.61. The molecule has 5 nitrogen and oxygen atoms in total. The predicted molar refractivity (Wildman–Crippen MR) is 142 cm³/mol. The molecule has 4 aromatic rings. The van der Waals surface area contributed by atoms with Gasteiger partial charge < -0.3 is 14.1 Å². The van der Waals surface area contributed by atoms with E-state index in [-0.39, 0.29) is 23.6 Å². The Hall–Kier alpha value is -3.57. The monoisotopic (exact) mass is 501 g/mol. The molecule has 3 aromatic carbocycles. The van der Waals surface area contributed by atoms with E-state index in [9.17, 15) is 9.59 Å². The topological polar surface area (TPSA) is 59.8 Å². The van der Waals surface area contributed by atoms with Gasteiger partial charge in [0.25, 0.3) is 5.91 Å². The molecular formula is C30H28ClNO4. The van der Waals surface area contributed by atoms with Crippen LogP contribution in [0.2, 0.25) is 5.02 Å². The van der Waals surface area contributed by atoms with E-state index in [1.807, 2.05) is 61.5 Å². The Kier molecular flexibility index (Phi) is 6.84. The van der Waals surface area contributed by atoms with Crippen molar-refractivity contribution in [3.05, 3.63) is 110 Å². The van der Waals surface area contributed by atoms with Gasteiger partial charge in [0, 0.05) is 11.6 Å². The molecule has 2 heterocycles. The van der Waals surface area contributed by atoms with Gasteiger partial charge in [-0.05, 0) is 54.8 Å². The van der Waals surface area contributed by atoms with Crippen LogP contribution in [0.5, 0.6) is 5.75 Å². The number of hydrogen-bond acceptors (Lipinski definition) is 4. The molecule has 1 unspecified atom stereocenters. The van der Waals surface area contributed by atoms with Crippen LogP contribution in [0.4, 0.5) is 0 Å². The average molecular weight is 502 g/mol. The van der Waals surface area contributed by atoms with Gasteiger partial charge in [0.2, 0.25) is 5.76 Å². The number of unbranched alkanes of at least 4 members (excludes halogenated alkanes) is 2. The van der Waals surface area contributed by atoms with E-state index in [0.29, 0.717) is 33.9 Å². The van der Waals surface area contributed by atoms with E-state index in [1.165, 1.54) is 0 Å². The van der Waals surface area contributed by atoms with Crippen molar-refractivity contribution >= 4 is 28.5 Å². The first kappa shape index (κ1) is 24.1. The fourth-order valence-electron chi connectivity index (χ4n) is 4.77. The highest BCUT2D eigenvalue weighted by Crippen LogP contribution is 2.40. The summed E-state index contributed by atoms with van der Waals surface area (Å²) < 4.78 is 12.1. The second kappa shape index (κ2) is 10.2. The predicted octanol–water partition coefficient (Wildman–Crippen LogP) is 7.07. The number of rotatable bonds is 8. The summed E-state index contributed by atoms with van der Waals surface area (Å²) in [5, 5.41) is 1.03. The lowest BCUT2D eigenvalue weighted by Crippen LogP contribution is -2.29. The van der Waals surface area contributed by atoms with Crippen molar-refractivity contribution < 1.29 is 13.9 Å². The zero-order chi connectivity index (χ0) is 25.2. The second-order valence-electron chi connectivity index (χ2n) is 9.23. The number of carbonyl (C=O) groups is 1. The van der Waals surface area contributed by atoms with Gasteiger partial charge in [-0.3, -0.25) is 9.59 Å². The van der Waals surface area contributed by atoms with E-state index >= 15 is 0 Å². The first-order chi connectivity index (χ1) is 17.5. The van der Waals surface area contributed by atoms with Crippen molar-refractivity contribution in [3.8, 4) is 5.75 Å². The molecule has 1 amide bonds. The number of hydrogen-bond donors (Lipinski definition) is 0. The highest BCUT2D eigenvalue weighted by molar-refractivity contribution is 6.31. The third kappa shape index (κ3) is 4.51. The number of ether oxygens (including phenoxy) is 1. The molecule has 184 valence electrons. The first-order valence-corrected chi connectivity index (χ1v) is 12.7. The van der Waals surface area contributed by atoms with E-state index in [0.717, 1.165) is 36.0 Å². The summed E-state index contributed by atoms with van der Waals surface area (Å²) in [6.45, 7) is 4.94. The minimum Gasteiger partial charge on any atom is -0.494 e. The number of carbonyl (C=O) groups excluding carboxylic acids is 1. The minimum absolute atomic E-state index is 0.0858. The molecule has 1 aliphatic rings. The normalized spacial score (nSPS) is 14.9. The lowest BCUT2D eigenvalue weighted by molar-refractivity contribution is 0.0714. The highest BCUT2D eigenvalue weighted by Gasteiger charge is 2.43. The van der Waals surface area contributed by atoms with E-state index in [4.69, 9.17) is 20.8 Å². The van der Waals surface area contributed by atoms with Gasteiger partial charge in [-0.15, -0.1) is 0 Å². The van der Waals surface area contributed by atoms with Crippen molar-refractivity contribution in [2.45, 2.75) is 45.7 Å². The Labute approximate surface area is 215 Å². The molecule has 1 aromatic heterocycles. The maximum Gasteiger partial charge on any atom is 0.291 e. The van der Waals surface area contributed by atoms with Crippen molar-refractivity contribution in [1.29, 1.82) is 0 Å². The molecule has 36 heavy (non-hydrogen) atoms. The molecule has 1 aliphatic heterocycles. The number of amides is 1. The quantitative estimate of drug-likeness (QED) is 0.242. The fourth-order valence-corrected chi connectivity index (χ4v) is 4.97. The molecular weight excluding hydrogens is 474 g/mol. The van der Waals surface area contributed by atoms with Gasteiger partial charge in [-0.25, -0.2) is 0 Å². The van der Waals surface area contributed by atoms with Gasteiger partial charge in [-0.2, -0.15) is 0 Å². The standard InChI is InChI=1S/C30H28ClNO4/c1-3-4-7-15-35-22-11-8-10-20(17-22)27-26-28(33)23-16-19(2)13-14-25(23)36-29(26)30(34)32(27)18-21-9-5-6-12-24(21)31/h5-6,8-14,16-17,27H,3-4,7,15,18H2,1-2H3. The zero-order valence-corrected chi connectivity index (χ0v) is 21.2. The van der Waals surface area contributed by atoms with Crippen LogP contribution in [0.15, 0.2) is 75.9 Å². The van der Waals surface area contributed by atoms with Gasteiger partial charge in [0.1, 0.15) is 11.3 Å². The van der Waals surface area contributed by atoms with Crippen LogP contribution < -0.4 is 10.2 Å². The van der Waals surface area contributed by atoms with Gasteiger partial charge in [0.15, 0.2) is 5.43 Å². The maximum atomic E-state index is 13.8. The van der Waals surface area contributed by atoms with Gasteiger partial charge in [0.05, 0.1) is 23.6 Å².